The minimum Gasteiger partial charge on any atom is -0.351 e. The number of likely N-dealkylation sites (N-methyl/N-ethyl adjacent to an activating group) is 1. The lowest BCUT2D eigenvalue weighted by Gasteiger charge is -2.26. The third-order valence-electron chi connectivity index (χ3n) is 5.33. The molecule has 26 heavy (non-hydrogen) atoms. The molecule has 2 heterocycles. The number of carbonyl (C=O) groups excluding carboxylic acids is 2. The lowest BCUT2D eigenvalue weighted by atomic mass is 9.94. The zero-order valence-electron chi connectivity index (χ0n) is 15.5. The fourth-order valence-electron chi connectivity index (χ4n) is 3.99. The number of hydrogen-bond acceptors (Lipinski definition) is 3. The van der Waals surface area contributed by atoms with Crippen LogP contribution in [0.5, 0.6) is 0 Å². The Labute approximate surface area is 162 Å². The molecule has 1 aromatic carbocycles. The number of benzene rings is 1. The summed E-state index contributed by atoms with van der Waals surface area (Å²) in [6, 6.07) is 10.6. The lowest BCUT2D eigenvalue weighted by molar-refractivity contribution is -0.133. The second kappa shape index (κ2) is 9.93. The van der Waals surface area contributed by atoms with Gasteiger partial charge in [0.2, 0.25) is 11.8 Å². The van der Waals surface area contributed by atoms with Gasteiger partial charge in [-0.25, -0.2) is 0 Å². The van der Waals surface area contributed by atoms with Gasteiger partial charge >= 0.3 is 0 Å². The van der Waals surface area contributed by atoms with Gasteiger partial charge in [0, 0.05) is 51.0 Å². The number of nitrogens with one attached hydrogen (secondary N) is 1. The molecule has 2 saturated heterocycles. The van der Waals surface area contributed by atoms with E-state index < -0.39 is 0 Å². The normalized spacial score (nSPS) is 23.6. The fourth-order valence-corrected chi connectivity index (χ4v) is 3.99. The average Bonchev–Trinajstić information content (AvgIpc) is 2.97. The van der Waals surface area contributed by atoms with Gasteiger partial charge in [0.25, 0.3) is 0 Å². The van der Waals surface area contributed by atoms with Crippen LogP contribution in [-0.4, -0.2) is 60.9 Å². The molecular formula is C20H30ClN3O2. The van der Waals surface area contributed by atoms with Crippen LogP contribution >= 0.6 is 12.4 Å². The van der Waals surface area contributed by atoms with E-state index in [0.29, 0.717) is 25.3 Å². The summed E-state index contributed by atoms with van der Waals surface area (Å²) in [5.41, 5.74) is 1.29. The first kappa shape index (κ1) is 20.7. The average molecular weight is 380 g/mol. The van der Waals surface area contributed by atoms with Crippen LogP contribution in [0.25, 0.3) is 0 Å². The van der Waals surface area contributed by atoms with Crippen molar-refractivity contribution in [2.75, 3.05) is 33.2 Å². The molecule has 2 atom stereocenters. The summed E-state index contributed by atoms with van der Waals surface area (Å²) in [5.74, 6) is 0.692. The predicted octanol–water partition coefficient (Wildman–Crippen LogP) is 2.41. The van der Waals surface area contributed by atoms with Crippen LogP contribution in [0.15, 0.2) is 30.3 Å². The summed E-state index contributed by atoms with van der Waals surface area (Å²) < 4.78 is 0. The van der Waals surface area contributed by atoms with E-state index in [1.54, 1.807) is 0 Å². The highest BCUT2D eigenvalue weighted by Crippen LogP contribution is 2.26. The molecule has 0 radical (unpaired) electrons. The first-order valence-electron chi connectivity index (χ1n) is 9.44. The summed E-state index contributed by atoms with van der Waals surface area (Å²) in [4.78, 5) is 28.4. The van der Waals surface area contributed by atoms with Gasteiger partial charge < -0.3 is 15.1 Å². The van der Waals surface area contributed by atoms with Crippen LogP contribution < -0.4 is 5.32 Å². The van der Waals surface area contributed by atoms with E-state index in [2.05, 4.69) is 41.5 Å². The molecule has 2 amide bonds. The lowest BCUT2D eigenvalue weighted by Crippen LogP contribution is -2.40. The molecule has 2 aliphatic rings. The summed E-state index contributed by atoms with van der Waals surface area (Å²) in [6.07, 6.45) is 4.00. The first-order valence-corrected chi connectivity index (χ1v) is 9.44. The molecule has 1 aromatic rings. The Morgan fingerprint density at radius 3 is 2.69 bits per heavy atom. The summed E-state index contributed by atoms with van der Waals surface area (Å²) in [6.45, 7) is 3.41. The molecule has 3 rings (SSSR count). The van der Waals surface area contributed by atoms with E-state index >= 15 is 0 Å². The van der Waals surface area contributed by atoms with E-state index in [1.165, 1.54) is 5.56 Å². The van der Waals surface area contributed by atoms with Gasteiger partial charge in [0.15, 0.2) is 0 Å². The minimum atomic E-state index is 0. The third kappa shape index (κ3) is 5.45. The number of likely N-dealkylation sites (tertiary alicyclic amines) is 2. The molecule has 144 valence electrons. The second-order valence-electron chi connectivity index (χ2n) is 7.35. The number of rotatable bonds is 6. The van der Waals surface area contributed by atoms with E-state index in [4.69, 9.17) is 0 Å². The number of carbonyl (C=O) groups is 2. The highest BCUT2D eigenvalue weighted by atomic mass is 35.5. The van der Waals surface area contributed by atoms with Crippen molar-refractivity contribution in [2.45, 2.75) is 44.1 Å². The maximum Gasteiger partial charge on any atom is 0.222 e. The molecule has 6 heteroatoms. The van der Waals surface area contributed by atoms with E-state index in [0.717, 1.165) is 38.9 Å². The van der Waals surface area contributed by atoms with Crippen LogP contribution in [0, 0.1) is 0 Å². The largest absolute Gasteiger partial charge is 0.351 e. The molecule has 2 aliphatic heterocycles. The van der Waals surface area contributed by atoms with E-state index in [9.17, 15) is 9.59 Å². The first-order chi connectivity index (χ1) is 12.1. The van der Waals surface area contributed by atoms with Crippen molar-refractivity contribution >= 4 is 24.2 Å². The minimum absolute atomic E-state index is 0. The van der Waals surface area contributed by atoms with Crippen molar-refractivity contribution < 1.29 is 9.59 Å². The van der Waals surface area contributed by atoms with Crippen LogP contribution in [-0.2, 0) is 9.59 Å². The van der Waals surface area contributed by atoms with Crippen molar-refractivity contribution in [2.24, 2.45) is 0 Å². The van der Waals surface area contributed by atoms with Crippen molar-refractivity contribution in [1.29, 1.82) is 0 Å². The number of hydrogen-bond donors (Lipinski definition) is 1. The van der Waals surface area contributed by atoms with Crippen molar-refractivity contribution in [3.63, 3.8) is 0 Å². The maximum atomic E-state index is 12.4. The van der Waals surface area contributed by atoms with Gasteiger partial charge in [0.05, 0.1) is 0 Å². The number of nitrogens with zero attached hydrogens (tertiary/aromatic N) is 2. The van der Waals surface area contributed by atoms with Gasteiger partial charge in [-0.05, 0) is 31.9 Å². The SMILES string of the molecule is CN1C[C@H](NC(=O)CCCN2CCCCC2=O)[C@@H](c2ccccc2)C1.Cl. The smallest absolute Gasteiger partial charge is 0.222 e. The highest BCUT2D eigenvalue weighted by Gasteiger charge is 2.32. The van der Waals surface area contributed by atoms with Crippen molar-refractivity contribution in [1.82, 2.24) is 15.1 Å². The Morgan fingerprint density at radius 2 is 1.96 bits per heavy atom. The Balaban J connectivity index is 0.00000243. The Hall–Kier alpha value is -1.59. The van der Waals surface area contributed by atoms with E-state index in [-0.39, 0.29) is 30.3 Å². The number of halogens is 1. The summed E-state index contributed by atoms with van der Waals surface area (Å²) in [5, 5.41) is 3.22. The van der Waals surface area contributed by atoms with Crippen LogP contribution in [0.4, 0.5) is 0 Å². The maximum absolute atomic E-state index is 12.4. The zero-order chi connectivity index (χ0) is 17.6. The van der Waals surface area contributed by atoms with Crippen molar-refractivity contribution in [3.8, 4) is 0 Å². The molecule has 1 N–H and O–H groups in total. The van der Waals surface area contributed by atoms with Gasteiger partial charge in [-0.15, -0.1) is 12.4 Å². The van der Waals surface area contributed by atoms with Gasteiger partial charge in [-0.1, -0.05) is 30.3 Å². The third-order valence-corrected chi connectivity index (χ3v) is 5.33. The fraction of sp³-hybridized carbons (Fsp3) is 0.600. The van der Waals surface area contributed by atoms with Gasteiger partial charge in [-0.2, -0.15) is 0 Å². The molecule has 0 saturated carbocycles. The van der Waals surface area contributed by atoms with Gasteiger partial charge in [-0.3, -0.25) is 9.59 Å². The van der Waals surface area contributed by atoms with Gasteiger partial charge in [0.1, 0.15) is 0 Å². The molecule has 2 fully saturated rings. The topological polar surface area (TPSA) is 52.7 Å². The molecule has 0 aromatic heterocycles. The summed E-state index contributed by atoms with van der Waals surface area (Å²) >= 11 is 0. The Morgan fingerprint density at radius 1 is 1.19 bits per heavy atom. The summed E-state index contributed by atoms with van der Waals surface area (Å²) in [7, 11) is 2.10. The molecule has 5 nitrogen and oxygen atoms in total. The highest BCUT2D eigenvalue weighted by molar-refractivity contribution is 5.85. The molecule has 0 bridgehead atoms. The quantitative estimate of drug-likeness (QED) is 0.825. The monoisotopic (exact) mass is 379 g/mol. The number of amides is 2. The second-order valence-corrected chi connectivity index (χ2v) is 7.35. The van der Waals surface area contributed by atoms with Crippen LogP contribution in [0.1, 0.15) is 43.6 Å². The Kier molecular flexibility index (Phi) is 7.91. The molecule has 0 unspecified atom stereocenters. The van der Waals surface area contributed by atoms with Crippen LogP contribution in [0.2, 0.25) is 0 Å². The van der Waals surface area contributed by atoms with Crippen molar-refractivity contribution in [3.05, 3.63) is 35.9 Å². The molecular weight excluding hydrogens is 350 g/mol. The predicted molar refractivity (Wildman–Crippen MR) is 106 cm³/mol. The molecule has 0 aliphatic carbocycles. The zero-order valence-corrected chi connectivity index (χ0v) is 16.3. The van der Waals surface area contributed by atoms with E-state index in [1.807, 2.05) is 11.0 Å². The standard InChI is InChI=1S/C20H29N3O2.ClH/c1-22-14-17(16-8-3-2-4-9-16)18(15-22)21-19(24)10-7-13-23-12-6-5-11-20(23)25;/h2-4,8-9,17-18H,5-7,10-15H2,1H3,(H,21,24);1H/t17-,18+;/m1./s1. The Bertz CT molecular complexity index is 596. The number of piperidine rings is 1. The van der Waals surface area contributed by atoms with Crippen LogP contribution in [0.3, 0.4) is 0 Å². The molecule has 0 spiro atoms.